The van der Waals surface area contributed by atoms with Gasteiger partial charge in [0.25, 0.3) is 5.91 Å². The van der Waals surface area contributed by atoms with E-state index in [-0.39, 0.29) is 6.61 Å². The Balaban J connectivity index is 2.35. The standard InChI is InChI=1S/C16H20N2O4/c1-16(2,3)18-15(21)17-13(19)9-10-14(20)22-11-12-7-5-4-6-8-12/h4-10H,11H2,1-3H3,(H2,17,18,19,21)/b10-9-. The van der Waals surface area contributed by atoms with Gasteiger partial charge in [-0.3, -0.25) is 10.1 Å². The number of urea groups is 1. The van der Waals surface area contributed by atoms with Gasteiger partial charge in [-0.2, -0.15) is 0 Å². The molecule has 0 aliphatic heterocycles. The van der Waals surface area contributed by atoms with Gasteiger partial charge in [0, 0.05) is 17.7 Å². The van der Waals surface area contributed by atoms with E-state index in [4.69, 9.17) is 4.74 Å². The zero-order valence-electron chi connectivity index (χ0n) is 12.9. The highest BCUT2D eigenvalue weighted by atomic mass is 16.5. The molecule has 22 heavy (non-hydrogen) atoms. The molecule has 2 N–H and O–H groups in total. The summed E-state index contributed by atoms with van der Waals surface area (Å²) in [6.07, 6.45) is 1.93. The second-order valence-corrected chi connectivity index (χ2v) is 5.62. The minimum atomic E-state index is -0.696. The molecule has 1 rings (SSSR count). The highest BCUT2D eigenvalue weighted by molar-refractivity contribution is 6.02. The van der Waals surface area contributed by atoms with E-state index < -0.39 is 23.4 Å². The molecule has 3 amide bonds. The van der Waals surface area contributed by atoms with Crippen LogP contribution < -0.4 is 10.6 Å². The number of rotatable bonds is 4. The maximum atomic E-state index is 11.5. The van der Waals surface area contributed by atoms with Crippen molar-refractivity contribution < 1.29 is 19.1 Å². The summed E-state index contributed by atoms with van der Waals surface area (Å²) in [6.45, 7) is 5.48. The smallest absolute Gasteiger partial charge is 0.331 e. The molecule has 0 saturated heterocycles. The third-order valence-electron chi connectivity index (χ3n) is 2.32. The Hall–Kier alpha value is -2.63. The molecule has 0 spiro atoms. The molecule has 1 aromatic carbocycles. The first kappa shape index (κ1) is 17.4. The summed E-state index contributed by atoms with van der Waals surface area (Å²) in [5, 5.41) is 4.65. The number of hydrogen-bond acceptors (Lipinski definition) is 4. The molecule has 0 aliphatic rings. The number of amides is 3. The van der Waals surface area contributed by atoms with Gasteiger partial charge < -0.3 is 10.1 Å². The van der Waals surface area contributed by atoms with Crippen LogP contribution >= 0.6 is 0 Å². The SMILES string of the molecule is CC(C)(C)NC(=O)NC(=O)/C=C\C(=O)OCc1ccccc1. The summed E-state index contributed by atoms with van der Waals surface area (Å²) in [7, 11) is 0. The average Bonchev–Trinajstić information content (AvgIpc) is 2.42. The molecule has 0 aliphatic carbocycles. The Bertz CT molecular complexity index is 559. The lowest BCUT2D eigenvalue weighted by Gasteiger charge is -2.19. The molecule has 0 atom stereocenters. The molecule has 0 fully saturated rings. The molecule has 118 valence electrons. The van der Waals surface area contributed by atoms with E-state index >= 15 is 0 Å². The van der Waals surface area contributed by atoms with Crippen molar-refractivity contribution in [3.8, 4) is 0 Å². The monoisotopic (exact) mass is 304 g/mol. The number of imide groups is 1. The molecular formula is C16H20N2O4. The Kier molecular flexibility index (Phi) is 6.31. The zero-order chi connectivity index (χ0) is 16.6. The molecule has 6 nitrogen and oxygen atoms in total. The zero-order valence-corrected chi connectivity index (χ0v) is 12.9. The maximum Gasteiger partial charge on any atom is 0.331 e. The van der Waals surface area contributed by atoms with Crippen molar-refractivity contribution in [2.75, 3.05) is 0 Å². The number of hydrogen-bond donors (Lipinski definition) is 2. The number of carbonyl (C=O) groups excluding carboxylic acids is 3. The normalized spacial score (nSPS) is 11.0. The first-order valence-electron chi connectivity index (χ1n) is 6.78. The highest BCUT2D eigenvalue weighted by Crippen LogP contribution is 2.01. The van der Waals surface area contributed by atoms with Gasteiger partial charge in [-0.25, -0.2) is 9.59 Å². The predicted octanol–water partition coefficient (Wildman–Crippen LogP) is 1.91. The second kappa shape index (κ2) is 7.97. The van der Waals surface area contributed by atoms with Crippen molar-refractivity contribution in [1.82, 2.24) is 10.6 Å². The molecule has 0 saturated carbocycles. The number of ether oxygens (including phenoxy) is 1. The lowest BCUT2D eigenvalue weighted by atomic mass is 10.1. The second-order valence-electron chi connectivity index (χ2n) is 5.62. The minimum absolute atomic E-state index is 0.121. The van der Waals surface area contributed by atoms with E-state index in [0.717, 1.165) is 17.7 Å². The molecule has 0 bridgehead atoms. The van der Waals surface area contributed by atoms with Crippen molar-refractivity contribution in [3.05, 3.63) is 48.0 Å². The Labute approximate surface area is 129 Å². The van der Waals surface area contributed by atoms with Crippen molar-refractivity contribution in [2.24, 2.45) is 0 Å². The molecule has 6 heteroatoms. The molecule has 0 unspecified atom stereocenters. The van der Waals surface area contributed by atoms with E-state index in [1.807, 2.05) is 30.3 Å². The summed E-state index contributed by atoms with van der Waals surface area (Å²) in [5.74, 6) is -1.35. The van der Waals surface area contributed by atoms with E-state index in [2.05, 4.69) is 10.6 Å². The minimum Gasteiger partial charge on any atom is -0.458 e. The lowest BCUT2D eigenvalue weighted by molar-refractivity contribution is -0.139. The summed E-state index contributed by atoms with van der Waals surface area (Å²) < 4.78 is 4.96. The van der Waals surface area contributed by atoms with E-state index in [1.165, 1.54) is 0 Å². The predicted molar refractivity (Wildman–Crippen MR) is 81.8 cm³/mol. The van der Waals surface area contributed by atoms with Crippen molar-refractivity contribution in [3.63, 3.8) is 0 Å². The van der Waals surface area contributed by atoms with Gasteiger partial charge >= 0.3 is 12.0 Å². The molecule has 0 heterocycles. The van der Waals surface area contributed by atoms with Crippen LogP contribution in [0.2, 0.25) is 0 Å². The first-order valence-corrected chi connectivity index (χ1v) is 6.78. The van der Waals surface area contributed by atoms with E-state index in [9.17, 15) is 14.4 Å². The number of esters is 1. The Morgan fingerprint density at radius 1 is 1.09 bits per heavy atom. The van der Waals surface area contributed by atoms with E-state index in [1.54, 1.807) is 20.8 Å². The average molecular weight is 304 g/mol. The molecule has 1 aromatic rings. The fourth-order valence-electron chi connectivity index (χ4n) is 1.45. The number of carbonyl (C=O) groups is 3. The highest BCUT2D eigenvalue weighted by Gasteiger charge is 2.14. The molecular weight excluding hydrogens is 284 g/mol. The van der Waals surface area contributed by atoms with Crippen molar-refractivity contribution in [2.45, 2.75) is 32.9 Å². The van der Waals surface area contributed by atoms with E-state index in [0.29, 0.717) is 0 Å². The summed E-state index contributed by atoms with van der Waals surface area (Å²) >= 11 is 0. The maximum absolute atomic E-state index is 11.5. The first-order chi connectivity index (χ1) is 10.3. The lowest BCUT2D eigenvalue weighted by Crippen LogP contribution is -2.47. The van der Waals surface area contributed by atoms with Crippen LogP contribution in [0.5, 0.6) is 0 Å². The van der Waals surface area contributed by atoms with Crippen LogP contribution in [-0.4, -0.2) is 23.4 Å². The van der Waals surface area contributed by atoms with Crippen LogP contribution in [-0.2, 0) is 20.9 Å². The van der Waals surface area contributed by atoms with Gasteiger partial charge in [-0.15, -0.1) is 0 Å². The van der Waals surface area contributed by atoms with Crippen LogP contribution in [0.4, 0.5) is 4.79 Å². The molecule has 0 aromatic heterocycles. The van der Waals surface area contributed by atoms with Gasteiger partial charge in [0.05, 0.1) is 0 Å². The topological polar surface area (TPSA) is 84.5 Å². The molecule has 0 radical (unpaired) electrons. The summed E-state index contributed by atoms with van der Waals surface area (Å²) in [5.41, 5.74) is 0.390. The van der Waals surface area contributed by atoms with Crippen LogP contribution in [0.1, 0.15) is 26.3 Å². The van der Waals surface area contributed by atoms with Gasteiger partial charge in [0.2, 0.25) is 0 Å². The van der Waals surface area contributed by atoms with Crippen LogP contribution in [0.3, 0.4) is 0 Å². The van der Waals surface area contributed by atoms with Crippen LogP contribution in [0, 0.1) is 0 Å². The van der Waals surface area contributed by atoms with Crippen molar-refractivity contribution in [1.29, 1.82) is 0 Å². The quantitative estimate of drug-likeness (QED) is 0.657. The third-order valence-corrected chi connectivity index (χ3v) is 2.32. The van der Waals surface area contributed by atoms with Crippen molar-refractivity contribution >= 4 is 17.9 Å². The summed E-state index contributed by atoms with van der Waals surface area (Å²) in [6, 6.07) is 8.54. The van der Waals surface area contributed by atoms with Crippen LogP contribution in [0.25, 0.3) is 0 Å². The number of nitrogens with one attached hydrogen (secondary N) is 2. The summed E-state index contributed by atoms with van der Waals surface area (Å²) in [4.78, 5) is 34.3. The number of benzene rings is 1. The fraction of sp³-hybridized carbons (Fsp3) is 0.312. The largest absolute Gasteiger partial charge is 0.458 e. The Morgan fingerprint density at radius 2 is 1.73 bits per heavy atom. The van der Waals surface area contributed by atoms with Gasteiger partial charge in [0.1, 0.15) is 6.61 Å². The Morgan fingerprint density at radius 3 is 2.32 bits per heavy atom. The van der Waals surface area contributed by atoms with Gasteiger partial charge in [0.15, 0.2) is 0 Å². The fourth-order valence-corrected chi connectivity index (χ4v) is 1.45. The van der Waals surface area contributed by atoms with Gasteiger partial charge in [-0.1, -0.05) is 30.3 Å². The van der Waals surface area contributed by atoms with Gasteiger partial charge in [-0.05, 0) is 26.3 Å². The van der Waals surface area contributed by atoms with Crippen LogP contribution in [0.15, 0.2) is 42.5 Å². The third kappa shape index (κ3) is 7.84.